The number of hydrogen-bond acceptors (Lipinski definition) is 1. The van der Waals surface area contributed by atoms with Crippen molar-refractivity contribution in [2.45, 2.75) is 5.41 Å². The average molecular weight is 889 g/mol. The predicted molar refractivity (Wildman–Crippen MR) is 293 cm³/mol. The Morgan fingerprint density at radius 1 is 0.286 bits per heavy atom. The van der Waals surface area contributed by atoms with Crippen LogP contribution in [0.1, 0.15) is 22.3 Å². The van der Waals surface area contributed by atoms with Crippen molar-refractivity contribution in [1.29, 1.82) is 0 Å². The molecule has 0 unspecified atom stereocenters. The quantitative estimate of drug-likeness (QED) is 0.146. The molecule has 13 aromatic rings. The van der Waals surface area contributed by atoms with Crippen LogP contribution in [0, 0.1) is 0 Å². The van der Waals surface area contributed by atoms with Crippen molar-refractivity contribution < 1.29 is 0 Å². The summed E-state index contributed by atoms with van der Waals surface area (Å²) in [5.74, 6) is 0. The number of aromatic nitrogens is 2. The Labute approximate surface area is 407 Å². The SMILES string of the molecule is c1ccc(-c2cc(-c3cc(-c4cc5ccccc5c5ccccc45)cc(-n4c5ccccc5c5ccccc54)c3)nc(-c3ccc4c(c3)C(c3ccccc3)(c3ccccc3)c3ccccc3-4)c2)cc1. The monoisotopic (exact) mass is 888 g/mol. The molecule has 326 valence electrons. The minimum atomic E-state index is -0.529. The topological polar surface area (TPSA) is 17.8 Å². The Hall–Kier alpha value is -9.11. The Bertz CT molecular complexity index is 4070. The molecule has 0 N–H and O–H groups in total. The molecule has 2 heterocycles. The molecule has 0 bridgehead atoms. The van der Waals surface area contributed by atoms with Crippen molar-refractivity contribution in [2.75, 3.05) is 0 Å². The van der Waals surface area contributed by atoms with Crippen LogP contribution >= 0.6 is 0 Å². The first kappa shape index (κ1) is 40.0. The van der Waals surface area contributed by atoms with E-state index in [9.17, 15) is 0 Å². The summed E-state index contributed by atoms with van der Waals surface area (Å²) in [5.41, 5.74) is 19.0. The highest BCUT2D eigenvalue weighted by atomic mass is 15.0. The lowest BCUT2D eigenvalue weighted by atomic mass is 9.67. The lowest BCUT2D eigenvalue weighted by molar-refractivity contribution is 0.768. The van der Waals surface area contributed by atoms with Gasteiger partial charge in [-0.1, -0.05) is 212 Å². The van der Waals surface area contributed by atoms with E-state index in [2.05, 4.69) is 271 Å². The summed E-state index contributed by atoms with van der Waals surface area (Å²) < 4.78 is 2.44. The Kier molecular flexibility index (Phi) is 9.15. The molecule has 0 saturated heterocycles. The summed E-state index contributed by atoms with van der Waals surface area (Å²) in [5, 5.41) is 7.39. The molecule has 0 fully saturated rings. The lowest BCUT2D eigenvalue weighted by Crippen LogP contribution is -2.28. The smallest absolute Gasteiger partial charge is 0.0716 e. The van der Waals surface area contributed by atoms with Gasteiger partial charge in [0, 0.05) is 27.6 Å². The van der Waals surface area contributed by atoms with E-state index in [1.807, 2.05) is 0 Å². The van der Waals surface area contributed by atoms with Gasteiger partial charge in [0.15, 0.2) is 0 Å². The highest BCUT2D eigenvalue weighted by Crippen LogP contribution is 2.57. The maximum absolute atomic E-state index is 5.75. The summed E-state index contributed by atoms with van der Waals surface area (Å²) in [4.78, 5) is 5.75. The van der Waals surface area contributed by atoms with Crippen molar-refractivity contribution in [1.82, 2.24) is 9.55 Å². The predicted octanol–water partition coefficient (Wildman–Crippen LogP) is 17.5. The van der Waals surface area contributed by atoms with Crippen molar-refractivity contribution in [3.63, 3.8) is 0 Å². The van der Waals surface area contributed by atoms with Crippen LogP contribution < -0.4 is 0 Å². The average Bonchev–Trinajstić information content (AvgIpc) is 3.94. The zero-order chi connectivity index (χ0) is 46.2. The number of hydrogen-bond donors (Lipinski definition) is 0. The van der Waals surface area contributed by atoms with E-state index in [-0.39, 0.29) is 0 Å². The van der Waals surface area contributed by atoms with Crippen LogP contribution in [-0.4, -0.2) is 9.55 Å². The zero-order valence-electron chi connectivity index (χ0n) is 38.3. The van der Waals surface area contributed by atoms with Gasteiger partial charge in [-0.3, -0.25) is 0 Å². The number of fused-ring (bicyclic) bond motifs is 9. The molecular weight excluding hydrogens is 845 g/mol. The van der Waals surface area contributed by atoms with E-state index < -0.39 is 5.41 Å². The molecule has 11 aromatic carbocycles. The van der Waals surface area contributed by atoms with E-state index in [0.29, 0.717) is 0 Å². The standard InChI is InChI=1S/C68H44N2/c1-4-20-45(21-5-1)48-43-64(47-36-37-58-57-30-14-17-33-62(57)68(63(58)42-47,51-23-6-2-7-24-51)52-25-8-3-9-26-52)69-65(44-48)50-38-49(61-41-46-22-10-11-27-54(46)55-28-12-13-29-56(55)61)39-53(40-50)70-66-34-18-15-31-59(66)60-32-16-19-35-67(60)70/h1-44H. The van der Waals surface area contributed by atoms with Gasteiger partial charge in [-0.2, -0.15) is 0 Å². The van der Waals surface area contributed by atoms with Crippen LogP contribution in [0.3, 0.4) is 0 Å². The summed E-state index contributed by atoms with van der Waals surface area (Å²) >= 11 is 0. The molecule has 2 nitrogen and oxygen atoms in total. The third kappa shape index (κ3) is 6.17. The van der Waals surface area contributed by atoms with E-state index >= 15 is 0 Å². The van der Waals surface area contributed by atoms with Gasteiger partial charge in [0.25, 0.3) is 0 Å². The van der Waals surface area contributed by atoms with Crippen LogP contribution in [0.2, 0.25) is 0 Å². The van der Waals surface area contributed by atoms with Crippen molar-refractivity contribution in [3.8, 4) is 61.6 Å². The maximum Gasteiger partial charge on any atom is 0.0716 e. The highest BCUT2D eigenvalue weighted by molar-refractivity contribution is 6.14. The van der Waals surface area contributed by atoms with Crippen LogP contribution in [0.5, 0.6) is 0 Å². The third-order valence-corrected chi connectivity index (χ3v) is 14.8. The molecule has 2 aromatic heterocycles. The fourth-order valence-electron chi connectivity index (χ4n) is 11.8. The van der Waals surface area contributed by atoms with Crippen LogP contribution in [0.4, 0.5) is 0 Å². The molecule has 14 rings (SSSR count). The summed E-state index contributed by atoms with van der Waals surface area (Å²) in [7, 11) is 0. The van der Waals surface area contributed by atoms with Gasteiger partial charge in [-0.05, 0) is 132 Å². The summed E-state index contributed by atoms with van der Waals surface area (Å²) in [6, 6.07) is 98.0. The largest absolute Gasteiger partial charge is 0.309 e. The fraction of sp³-hybridized carbons (Fsp3) is 0.0147. The molecule has 0 amide bonds. The van der Waals surface area contributed by atoms with Crippen LogP contribution in [0.25, 0.3) is 105 Å². The van der Waals surface area contributed by atoms with E-state index in [4.69, 9.17) is 4.98 Å². The number of nitrogens with zero attached hydrogens (tertiary/aromatic N) is 2. The molecule has 1 aliphatic carbocycles. The molecule has 2 heteroatoms. The number of para-hydroxylation sites is 2. The second-order valence-corrected chi connectivity index (χ2v) is 18.6. The second kappa shape index (κ2) is 16.0. The number of rotatable bonds is 7. The Balaban J connectivity index is 1.04. The molecule has 0 atom stereocenters. The van der Waals surface area contributed by atoms with Crippen molar-refractivity contribution in [2.24, 2.45) is 0 Å². The lowest BCUT2D eigenvalue weighted by Gasteiger charge is -2.34. The first-order valence-electron chi connectivity index (χ1n) is 24.2. The van der Waals surface area contributed by atoms with Crippen LogP contribution in [-0.2, 0) is 5.41 Å². The van der Waals surface area contributed by atoms with Crippen molar-refractivity contribution >= 4 is 43.4 Å². The summed E-state index contributed by atoms with van der Waals surface area (Å²) in [6.07, 6.45) is 0. The second-order valence-electron chi connectivity index (χ2n) is 18.6. The van der Waals surface area contributed by atoms with Gasteiger partial charge in [-0.15, -0.1) is 0 Å². The first-order chi connectivity index (χ1) is 34.7. The third-order valence-electron chi connectivity index (χ3n) is 14.8. The van der Waals surface area contributed by atoms with Gasteiger partial charge >= 0.3 is 0 Å². The van der Waals surface area contributed by atoms with Gasteiger partial charge in [0.05, 0.1) is 27.8 Å². The Morgan fingerprint density at radius 3 is 1.51 bits per heavy atom. The van der Waals surface area contributed by atoms with E-state index in [0.717, 1.165) is 44.9 Å². The molecule has 1 aliphatic rings. The minimum absolute atomic E-state index is 0.529. The molecule has 0 radical (unpaired) electrons. The maximum atomic E-state index is 5.75. The number of benzene rings is 11. The van der Waals surface area contributed by atoms with Gasteiger partial charge < -0.3 is 4.57 Å². The number of pyridine rings is 1. The van der Waals surface area contributed by atoms with Gasteiger partial charge in [0.1, 0.15) is 0 Å². The Morgan fingerprint density at radius 2 is 0.814 bits per heavy atom. The van der Waals surface area contributed by atoms with Gasteiger partial charge in [0.2, 0.25) is 0 Å². The van der Waals surface area contributed by atoms with Crippen LogP contribution in [0.15, 0.2) is 267 Å². The minimum Gasteiger partial charge on any atom is -0.309 e. The van der Waals surface area contributed by atoms with Crippen molar-refractivity contribution in [3.05, 3.63) is 289 Å². The molecule has 0 saturated carbocycles. The van der Waals surface area contributed by atoms with E-state index in [1.165, 1.54) is 82.3 Å². The highest BCUT2D eigenvalue weighted by Gasteiger charge is 2.46. The molecule has 0 aliphatic heterocycles. The zero-order valence-corrected chi connectivity index (χ0v) is 38.3. The normalized spacial score (nSPS) is 12.7. The molecule has 0 spiro atoms. The molecule has 70 heavy (non-hydrogen) atoms. The van der Waals surface area contributed by atoms with Gasteiger partial charge in [-0.25, -0.2) is 4.98 Å². The fourth-order valence-corrected chi connectivity index (χ4v) is 11.8. The summed E-state index contributed by atoms with van der Waals surface area (Å²) in [6.45, 7) is 0. The first-order valence-corrected chi connectivity index (χ1v) is 24.2. The van der Waals surface area contributed by atoms with E-state index in [1.54, 1.807) is 0 Å². The molecular formula is C68H44N2.